The van der Waals surface area contributed by atoms with Crippen LogP contribution >= 0.6 is 0 Å². The van der Waals surface area contributed by atoms with Gasteiger partial charge in [-0.2, -0.15) is 0 Å². The standard InChI is InChI=1S/C15H19NO4/c1-9(2)15(3,14(17)18)8-13-16-11-6-5-10(19-4)7-12(11)20-13/h5-7,9H,8H2,1-4H3,(H,17,18). The van der Waals surface area contributed by atoms with Crippen LogP contribution in [-0.2, 0) is 11.2 Å². The van der Waals surface area contributed by atoms with Gasteiger partial charge in [0.15, 0.2) is 11.5 Å². The fourth-order valence-electron chi connectivity index (χ4n) is 2.00. The third-order valence-electron chi connectivity index (χ3n) is 3.92. The van der Waals surface area contributed by atoms with Gasteiger partial charge in [0.1, 0.15) is 11.3 Å². The average Bonchev–Trinajstić information content (AvgIpc) is 2.78. The number of carbonyl (C=O) groups is 1. The lowest BCUT2D eigenvalue weighted by molar-refractivity contribution is -0.150. The highest BCUT2D eigenvalue weighted by Gasteiger charge is 2.38. The lowest BCUT2D eigenvalue weighted by Crippen LogP contribution is -2.35. The van der Waals surface area contributed by atoms with Crippen molar-refractivity contribution in [3.63, 3.8) is 0 Å². The summed E-state index contributed by atoms with van der Waals surface area (Å²) in [5.41, 5.74) is 0.415. The number of fused-ring (bicyclic) bond motifs is 1. The molecule has 1 N–H and O–H groups in total. The van der Waals surface area contributed by atoms with E-state index in [2.05, 4.69) is 4.98 Å². The minimum Gasteiger partial charge on any atom is -0.497 e. The highest BCUT2D eigenvalue weighted by atomic mass is 16.5. The van der Waals surface area contributed by atoms with E-state index in [1.54, 1.807) is 32.2 Å². The molecule has 20 heavy (non-hydrogen) atoms. The normalized spacial score (nSPS) is 14.4. The zero-order valence-corrected chi connectivity index (χ0v) is 12.1. The summed E-state index contributed by atoms with van der Waals surface area (Å²) in [5.74, 6) is 0.258. The van der Waals surface area contributed by atoms with Crippen molar-refractivity contribution in [2.24, 2.45) is 11.3 Å². The number of carboxylic acids is 1. The molecule has 1 aromatic heterocycles. The topological polar surface area (TPSA) is 72.6 Å². The molecule has 1 heterocycles. The molecule has 2 rings (SSSR count). The molecule has 1 atom stereocenters. The van der Waals surface area contributed by atoms with E-state index in [-0.39, 0.29) is 12.3 Å². The molecule has 0 aliphatic carbocycles. The van der Waals surface area contributed by atoms with Crippen LogP contribution in [0.5, 0.6) is 5.75 Å². The molecule has 0 saturated carbocycles. The molecular weight excluding hydrogens is 258 g/mol. The van der Waals surface area contributed by atoms with E-state index in [4.69, 9.17) is 9.15 Å². The van der Waals surface area contributed by atoms with Crippen LogP contribution in [0.2, 0.25) is 0 Å². The first kappa shape index (κ1) is 14.4. The van der Waals surface area contributed by atoms with E-state index in [0.717, 1.165) is 0 Å². The van der Waals surface area contributed by atoms with Gasteiger partial charge in [-0.15, -0.1) is 0 Å². The number of oxazole rings is 1. The number of ether oxygens (including phenoxy) is 1. The molecule has 0 radical (unpaired) electrons. The van der Waals surface area contributed by atoms with E-state index >= 15 is 0 Å². The maximum Gasteiger partial charge on any atom is 0.310 e. The predicted molar refractivity (Wildman–Crippen MR) is 74.8 cm³/mol. The SMILES string of the molecule is COc1ccc2nc(CC(C)(C(=O)O)C(C)C)oc2c1. The third kappa shape index (κ3) is 2.48. The maximum absolute atomic E-state index is 11.5. The summed E-state index contributed by atoms with van der Waals surface area (Å²) in [6.45, 7) is 5.50. The lowest BCUT2D eigenvalue weighted by atomic mass is 9.76. The van der Waals surface area contributed by atoms with Gasteiger partial charge in [0.25, 0.3) is 0 Å². The van der Waals surface area contributed by atoms with Crippen molar-refractivity contribution in [2.45, 2.75) is 27.2 Å². The molecule has 0 aliphatic rings. The van der Waals surface area contributed by atoms with Crippen LogP contribution in [0.25, 0.3) is 11.1 Å². The van der Waals surface area contributed by atoms with Gasteiger partial charge in [0.05, 0.1) is 12.5 Å². The summed E-state index contributed by atoms with van der Waals surface area (Å²) in [6, 6.07) is 5.35. The minimum absolute atomic E-state index is 0.0236. The Kier molecular flexibility index (Phi) is 3.70. The second kappa shape index (κ2) is 5.15. The first-order valence-corrected chi connectivity index (χ1v) is 6.53. The van der Waals surface area contributed by atoms with Crippen LogP contribution in [-0.4, -0.2) is 23.2 Å². The molecule has 0 bridgehead atoms. The molecule has 5 nitrogen and oxygen atoms in total. The number of hydrogen-bond acceptors (Lipinski definition) is 4. The number of carboxylic acid groups (broad SMARTS) is 1. The van der Waals surface area contributed by atoms with Gasteiger partial charge in [-0.25, -0.2) is 4.98 Å². The molecule has 1 aromatic carbocycles. The number of aromatic nitrogens is 1. The molecule has 0 amide bonds. The van der Waals surface area contributed by atoms with Gasteiger partial charge in [0, 0.05) is 12.5 Å². The number of nitrogens with zero attached hydrogens (tertiary/aromatic N) is 1. The van der Waals surface area contributed by atoms with Crippen LogP contribution in [0.1, 0.15) is 26.7 Å². The largest absolute Gasteiger partial charge is 0.497 e. The Morgan fingerprint density at radius 3 is 2.75 bits per heavy atom. The van der Waals surface area contributed by atoms with Crippen LogP contribution in [0.3, 0.4) is 0 Å². The Hall–Kier alpha value is -2.04. The number of methoxy groups -OCH3 is 1. The van der Waals surface area contributed by atoms with E-state index in [1.165, 1.54) is 0 Å². The van der Waals surface area contributed by atoms with Crippen LogP contribution < -0.4 is 4.74 Å². The van der Waals surface area contributed by atoms with Crippen molar-refractivity contribution < 1.29 is 19.1 Å². The number of aliphatic carboxylic acids is 1. The Morgan fingerprint density at radius 1 is 1.50 bits per heavy atom. The molecule has 0 saturated heterocycles. The monoisotopic (exact) mass is 277 g/mol. The van der Waals surface area contributed by atoms with Gasteiger partial charge in [-0.1, -0.05) is 13.8 Å². The summed E-state index contributed by atoms with van der Waals surface area (Å²) in [5, 5.41) is 9.43. The first-order valence-electron chi connectivity index (χ1n) is 6.53. The van der Waals surface area contributed by atoms with Crippen LogP contribution in [0.15, 0.2) is 22.6 Å². The highest BCUT2D eigenvalue weighted by Crippen LogP contribution is 2.33. The van der Waals surface area contributed by atoms with Gasteiger partial charge in [-0.05, 0) is 25.0 Å². The number of rotatable bonds is 5. The maximum atomic E-state index is 11.5. The molecule has 108 valence electrons. The molecule has 1 unspecified atom stereocenters. The third-order valence-corrected chi connectivity index (χ3v) is 3.92. The van der Waals surface area contributed by atoms with E-state index in [1.807, 2.05) is 13.8 Å². The minimum atomic E-state index is -0.898. The Labute approximate surface area is 117 Å². The zero-order chi connectivity index (χ0) is 14.9. The Bertz CT molecular complexity index is 632. The molecular formula is C15H19NO4. The first-order chi connectivity index (χ1) is 9.36. The smallest absolute Gasteiger partial charge is 0.310 e. The average molecular weight is 277 g/mol. The van der Waals surface area contributed by atoms with Crippen LogP contribution in [0.4, 0.5) is 0 Å². The van der Waals surface area contributed by atoms with Crippen molar-refractivity contribution >= 4 is 17.1 Å². The van der Waals surface area contributed by atoms with Gasteiger partial charge < -0.3 is 14.3 Å². The second-order valence-corrected chi connectivity index (χ2v) is 5.50. The summed E-state index contributed by atoms with van der Waals surface area (Å²) >= 11 is 0. The number of benzene rings is 1. The van der Waals surface area contributed by atoms with Gasteiger partial charge >= 0.3 is 5.97 Å². The summed E-state index contributed by atoms with van der Waals surface area (Å²) in [4.78, 5) is 15.8. The molecule has 2 aromatic rings. The lowest BCUT2D eigenvalue weighted by Gasteiger charge is -2.27. The summed E-state index contributed by atoms with van der Waals surface area (Å²) < 4.78 is 10.8. The van der Waals surface area contributed by atoms with Crippen molar-refractivity contribution in [2.75, 3.05) is 7.11 Å². The Balaban J connectivity index is 2.36. The molecule has 5 heteroatoms. The molecule has 0 fully saturated rings. The zero-order valence-electron chi connectivity index (χ0n) is 12.1. The Morgan fingerprint density at radius 2 is 2.20 bits per heavy atom. The summed E-state index contributed by atoms with van der Waals surface area (Å²) in [7, 11) is 1.58. The second-order valence-electron chi connectivity index (χ2n) is 5.50. The van der Waals surface area contributed by atoms with Crippen molar-refractivity contribution in [3.8, 4) is 5.75 Å². The van der Waals surface area contributed by atoms with Crippen LogP contribution in [0, 0.1) is 11.3 Å². The highest BCUT2D eigenvalue weighted by molar-refractivity contribution is 5.76. The predicted octanol–water partition coefficient (Wildman–Crippen LogP) is 3.13. The van der Waals surface area contributed by atoms with E-state index < -0.39 is 11.4 Å². The van der Waals surface area contributed by atoms with Crippen molar-refractivity contribution in [3.05, 3.63) is 24.1 Å². The van der Waals surface area contributed by atoms with Gasteiger partial charge in [0.2, 0.25) is 0 Å². The van der Waals surface area contributed by atoms with Crippen molar-refractivity contribution in [1.29, 1.82) is 0 Å². The summed E-state index contributed by atoms with van der Waals surface area (Å²) in [6.07, 6.45) is 0.261. The number of hydrogen-bond donors (Lipinski definition) is 1. The fraction of sp³-hybridized carbons (Fsp3) is 0.467. The van der Waals surface area contributed by atoms with Gasteiger partial charge in [-0.3, -0.25) is 4.79 Å². The quantitative estimate of drug-likeness (QED) is 0.909. The molecule has 0 spiro atoms. The molecule has 0 aliphatic heterocycles. The van der Waals surface area contributed by atoms with Crippen molar-refractivity contribution in [1.82, 2.24) is 4.98 Å². The van der Waals surface area contributed by atoms with E-state index in [9.17, 15) is 9.90 Å². The fourth-order valence-corrected chi connectivity index (χ4v) is 2.00. The van der Waals surface area contributed by atoms with E-state index in [0.29, 0.717) is 22.7 Å².